The lowest BCUT2D eigenvalue weighted by molar-refractivity contribution is -0.303. The Hall–Kier alpha value is -1.41. The first-order valence-electron chi connectivity index (χ1n) is 35.2. The molecule has 8 N–H and O–H groups in total. The summed E-state index contributed by atoms with van der Waals surface area (Å²) in [6.45, 7) is 3.51. The first kappa shape index (κ1) is 77.6. The molecule has 11 heteroatoms. The zero-order valence-corrected chi connectivity index (χ0v) is 53.0. The van der Waals surface area contributed by atoms with Gasteiger partial charge in [0.1, 0.15) is 36.6 Å². The van der Waals surface area contributed by atoms with Crippen molar-refractivity contribution in [3.8, 4) is 0 Å². The molecule has 0 saturated carbocycles. The van der Waals surface area contributed by atoms with E-state index >= 15 is 0 Å². The lowest BCUT2D eigenvalue weighted by atomic mass is 9.98. The van der Waals surface area contributed by atoms with Crippen molar-refractivity contribution in [3.05, 3.63) is 24.3 Å². The molecule has 480 valence electrons. The standard InChI is InChI=1S/C70H135NO10/c1-3-5-7-9-11-13-15-17-19-21-23-25-26-27-28-29-30-31-32-33-34-35-36-37-38-40-42-44-46-48-50-52-54-56-58-63(74)69(79)71-61(60-80-70-68(78)67(77)66(76)64(59-72)81-70)65(75)62(73)57-55-53-51-49-47-45-43-41-39-24-22-20-18-16-14-12-10-8-6-4-2/h26-27,29-30,61-68,70,72-78H,3-25,28,31-60H2,1-2H3,(H,71,79)/b27-26-,30-29-. The van der Waals surface area contributed by atoms with Crippen molar-refractivity contribution in [1.29, 1.82) is 0 Å². The summed E-state index contributed by atoms with van der Waals surface area (Å²) in [5, 5.41) is 76.5. The van der Waals surface area contributed by atoms with Crippen LogP contribution < -0.4 is 5.32 Å². The highest BCUT2D eigenvalue weighted by molar-refractivity contribution is 5.80. The highest BCUT2D eigenvalue weighted by Gasteiger charge is 2.44. The third-order valence-corrected chi connectivity index (χ3v) is 17.3. The second-order valence-corrected chi connectivity index (χ2v) is 25.0. The van der Waals surface area contributed by atoms with Crippen molar-refractivity contribution >= 4 is 5.91 Å². The summed E-state index contributed by atoms with van der Waals surface area (Å²) in [5.74, 6) is -0.690. The number of carbonyl (C=O) groups is 1. The molecule has 1 fully saturated rings. The Bertz CT molecular complexity index is 1370. The molecule has 1 aliphatic heterocycles. The van der Waals surface area contributed by atoms with E-state index in [2.05, 4.69) is 43.5 Å². The summed E-state index contributed by atoms with van der Waals surface area (Å²) in [5.41, 5.74) is 0. The number of aliphatic hydroxyl groups is 7. The molecule has 0 aromatic heterocycles. The number of rotatable bonds is 62. The molecular weight excluding hydrogens is 1010 g/mol. The maximum atomic E-state index is 13.2. The van der Waals surface area contributed by atoms with Crippen LogP contribution in [0.2, 0.25) is 0 Å². The predicted molar refractivity (Wildman–Crippen MR) is 339 cm³/mol. The van der Waals surface area contributed by atoms with Gasteiger partial charge in [0.25, 0.3) is 0 Å². The molecular formula is C70H135NO10. The maximum absolute atomic E-state index is 13.2. The van der Waals surface area contributed by atoms with E-state index in [9.17, 15) is 40.5 Å². The van der Waals surface area contributed by atoms with Crippen LogP contribution >= 0.6 is 0 Å². The van der Waals surface area contributed by atoms with Crippen molar-refractivity contribution in [2.24, 2.45) is 0 Å². The number of ether oxygens (including phenoxy) is 2. The fraction of sp³-hybridized carbons (Fsp3) is 0.929. The zero-order chi connectivity index (χ0) is 58.9. The molecule has 0 aromatic carbocycles. The van der Waals surface area contributed by atoms with Crippen molar-refractivity contribution in [3.63, 3.8) is 0 Å². The van der Waals surface area contributed by atoms with Crippen LogP contribution in [-0.4, -0.2) is 110 Å². The largest absolute Gasteiger partial charge is 0.394 e. The summed E-state index contributed by atoms with van der Waals surface area (Å²) in [7, 11) is 0. The highest BCUT2D eigenvalue weighted by atomic mass is 16.7. The number of nitrogens with one attached hydrogen (secondary N) is 1. The van der Waals surface area contributed by atoms with Gasteiger partial charge in [0, 0.05) is 0 Å². The normalized spacial score (nSPS) is 19.2. The van der Waals surface area contributed by atoms with Crippen molar-refractivity contribution in [2.45, 2.75) is 403 Å². The van der Waals surface area contributed by atoms with Gasteiger partial charge in [-0.15, -0.1) is 0 Å². The van der Waals surface area contributed by atoms with Gasteiger partial charge >= 0.3 is 0 Å². The number of unbranched alkanes of at least 4 members (excludes halogenated alkanes) is 46. The van der Waals surface area contributed by atoms with E-state index in [1.807, 2.05) is 0 Å². The van der Waals surface area contributed by atoms with E-state index in [4.69, 9.17) is 9.47 Å². The van der Waals surface area contributed by atoms with Crippen LogP contribution in [0.15, 0.2) is 24.3 Å². The first-order chi connectivity index (χ1) is 39.7. The van der Waals surface area contributed by atoms with Crippen LogP contribution in [0.3, 0.4) is 0 Å². The quantitative estimate of drug-likeness (QED) is 0.0215. The van der Waals surface area contributed by atoms with Crippen molar-refractivity contribution < 1.29 is 50.0 Å². The van der Waals surface area contributed by atoms with E-state index in [0.29, 0.717) is 19.3 Å². The highest BCUT2D eigenvalue weighted by Crippen LogP contribution is 2.24. The molecule has 9 unspecified atom stereocenters. The van der Waals surface area contributed by atoms with Crippen LogP contribution in [0.25, 0.3) is 0 Å². The number of amides is 1. The lowest BCUT2D eigenvalue weighted by Gasteiger charge is -2.40. The molecule has 1 heterocycles. The Labute approximate surface area is 499 Å². The van der Waals surface area contributed by atoms with Crippen LogP contribution in [-0.2, 0) is 14.3 Å². The van der Waals surface area contributed by atoms with Gasteiger partial charge in [-0.25, -0.2) is 0 Å². The van der Waals surface area contributed by atoms with Gasteiger partial charge in [-0.05, 0) is 44.9 Å². The molecule has 0 spiro atoms. The third kappa shape index (κ3) is 46.5. The number of aliphatic hydroxyl groups excluding tert-OH is 7. The number of hydrogen-bond acceptors (Lipinski definition) is 10. The average molecular weight is 1150 g/mol. The van der Waals surface area contributed by atoms with E-state index in [0.717, 1.165) is 44.9 Å². The number of carbonyl (C=O) groups excluding carboxylic acids is 1. The Morgan fingerprint density at radius 2 is 0.753 bits per heavy atom. The summed E-state index contributed by atoms with van der Waals surface area (Å²) in [6.07, 6.45) is 62.6. The van der Waals surface area contributed by atoms with Gasteiger partial charge in [0.2, 0.25) is 5.91 Å². The molecule has 1 aliphatic rings. The van der Waals surface area contributed by atoms with Crippen LogP contribution in [0.5, 0.6) is 0 Å². The summed E-state index contributed by atoms with van der Waals surface area (Å²) in [4.78, 5) is 13.2. The lowest BCUT2D eigenvalue weighted by Crippen LogP contribution is -2.60. The van der Waals surface area contributed by atoms with Crippen LogP contribution in [0, 0.1) is 0 Å². The average Bonchev–Trinajstić information content (AvgIpc) is 3.49. The van der Waals surface area contributed by atoms with Gasteiger partial charge in [0.15, 0.2) is 6.29 Å². The Morgan fingerprint density at radius 3 is 1.10 bits per heavy atom. The van der Waals surface area contributed by atoms with Gasteiger partial charge < -0.3 is 50.5 Å². The van der Waals surface area contributed by atoms with Crippen molar-refractivity contribution in [2.75, 3.05) is 13.2 Å². The monoisotopic (exact) mass is 1150 g/mol. The molecule has 0 aromatic rings. The minimum Gasteiger partial charge on any atom is -0.394 e. The Kier molecular flexibility index (Phi) is 56.5. The minimum absolute atomic E-state index is 0.263. The molecule has 0 radical (unpaired) electrons. The minimum atomic E-state index is -1.66. The van der Waals surface area contributed by atoms with Crippen LogP contribution in [0.1, 0.15) is 348 Å². The van der Waals surface area contributed by atoms with Crippen LogP contribution in [0.4, 0.5) is 0 Å². The van der Waals surface area contributed by atoms with E-state index in [1.54, 1.807) is 0 Å². The summed E-state index contributed by atoms with van der Waals surface area (Å²) in [6, 6.07) is -1.17. The smallest absolute Gasteiger partial charge is 0.249 e. The topological polar surface area (TPSA) is 189 Å². The van der Waals surface area contributed by atoms with E-state index in [1.165, 1.54) is 263 Å². The molecule has 81 heavy (non-hydrogen) atoms. The first-order valence-corrected chi connectivity index (χ1v) is 35.2. The van der Waals surface area contributed by atoms with Gasteiger partial charge in [0.05, 0.1) is 25.4 Å². The second kappa shape index (κ2) is 58.9. The fourth-order valence-corrected chi connectivity index (χ4v) is 11.6. The van der Waals surface area contributed by atoms with E-state index < -0.39 is 74.2 Å². The molecule has 1 saturated heterocycles. The maximum Gasteiger partial charge on any atom is 0.249 e. The summed E-state index contributed by atoms with van der Waals surface area (Å²) < 4.78 is 11.2. The second-order valence-electron chi connectivity index (χ2n) is 25.0. The SMILES string of the molecule is CCCCCCCCCCCCC/C=C\C/C=C\CCCCCCCCCCCCCCCCCCC(O)C(=O)NC(COC1OC(CO)C(O)C(O)C1O)C(O)C(O)CCCCCCCCCCCCCCCCCCCCCC. The number of allylic oxidation sites excluding steroid dienone is 4. The Morgan fingerprint density at radius 1 is 0.432 bits per heavy atom. The molecule has 1 amide bonds. The molecule has 1 rings (SSSR count). The zero-order valence-electron chi connectivity index (χ0n) is 53.0. The molecule has 9 atom stereocenters. The number of hydrogen-bond donors (Lipinski definition) is 8. The van der Waals surface area contributed by atoms with Gasteiger partial charge in [-0.1, -0.05) is 327 Å². The Balaban J connectivity index is 2.17. The summed E-state index contributed by atoms with van der Waals surface area (Å²) >= 11 is 0. The molecule has 0 aliphatic carbocycles. The molecule has 0 bridgehead atoms. The van der Waals surface area contributed by atoms with E-state index in [-0.39, 0.29) is 6.42 Å². The fourth-order valence-electron chi connectivity index (χ4n) is 11.6. The van der Waals surface area contributed by atoms with Gasteiger partial charge in [-0.3, -0.25) is 4.79 Å². The third-order valence-electron chi connectivity index (χ3n) is 17.3. The van der Waals surface area contributed by atoms with Gasteiger partial charge in [-0.2, -0.15) is 0 Å². The van der Waals surface area contributed by atoms with Crippen molar-refractivity contribution in [1.82, 2.24) is 5.32 Å². The predicted octanol–water partition coefficient (Wildman–Crippen LogP) is 16.8. The molecule has 11 nitrogen and oxygen atoms in total.